The van der Waals surface area contributed by atoms with Crippen molar-refractivity contribution in [2.45, 2.75) is 90.3 Å². The Hall–Kier alpha value is -0.340. The summed E-state index contributed by atoms with van der Waals surface area (Å²) in [5, 5.41) is 20.3. The highest BCUT2D eigenvalue weighted by atomic mass is 16.3. The fourth-order valence-electron chi connectivity index (χ4n) is 5.21. The number of rotatable bonds is 5. The van der Waals surface area contributed by atoms with Crippen LogP contribution in [0.15, 0.2) is 11.6 Å². The molecule has 3 aliphatic rings. The molecule has 0 radical (unpaired) electrons. The Morgan fingerprint density at radius 3 is 2.62 bits per heavy atom. The van der Waals surface area contributed by atoms with Gasteiger partial charge >= 0.3 is 0 Å². The van der Waals surface area contributed by atoms with E-state index in [-0.39, 0.29) is 11.5 Å². The summed E-state index contributed by atoms with van der Waals surface area (Å²) in [6.07, 6.45) is 12.8. The molecule has 0 aromatic rings. The number of allylic oxidation sites excluding steroid dienone is 2. The van der Waals surface area contributed by atoms with Gasteiger partial charge in [0, 0.05) is 0 Å². The number of hydrogen-bond acceptors (Lipinski definition) is 2. The summed E-state index contributed by atoms with van der Waals surface area (Å²) in [6, 6.07) is 0. The van der Waals surface area contributed by atoms with Gasteiger partial charge in [-0.15, -0.1) is 0 Å². The normalized spacial score (nSPS) is 38.0. The summed E-state index contributed by atoms with van der Waals surface area (Å²) in [5.41, 5.74) is 1.82. The van der Waals surface area contributed by atoms with Crippen LogP contribution in [-0.2, 0) is 0 Å². The predicted octanol–water partition coefficient (Wildman–Crippen LogP) is 4.21. The maximum atomic E-state index is 10.4. The third-order valence-corrected chi connectivity index (χ3v) is 6.54. The Labute approximate surface area is 129 Å². The van der Waals surface area contributed by atoms with Gasteiger partial charge in [-0.2, -0.15) is 0 Å². The topological polar surface area (TPSA) is 40.5 Å². The summed E-state index contributed by atoms with van der Waals surface area (Å²) >= 11 is 0. The number of aliphatic hydroxyl groups excluding tert-OH is 1. The van der Waals surface area contributed by atoms with E-state index in [4.69, 9.17) is 0 Å². The molecule has 0 saturated heterocycles. The third-order valence-electron chi connectivity index (χ3n) is 6.54. The first kappa shape index (κ1) is 15.6. The van der Waals surface area contributed by atoms with E-state index in [0.29, 0.717) is 11.3 Å². The zero-order valence-electron chi connectivity index (χ0n) is 14.0. The van der Waals surface area contributed by atoms with E-state index in [1.54, 1.807) is 5.57 Å². The highest BCUT2D eigenvalue weighted by Crippen LogP contribution is 2.67. The first-order valence-electron chi connectivity index (χ1n) is 8.89. The fourth-order valence-corrected chi connectivity index (χ4v) is 5.21. The Morgan fingerprint density at radius 1 is 1.29 bits per heavy atom. The predicted molar refractivity (Wildman–Crippen MR) is 86.0 cm³/mol. The third kappa shape index (κ3) is 2.82. The van der Waals surface area contributed by atoms with Crippen molar-refractivity contribution in [3.63, 3.8) is 0 Å². The average molecular weight is 292 g/mol. The second-order valence-corrected chi connectivity index (χ2v) is 8.78. The number of hydrogen-bond donors (Lipinski definition) is 2. The van der Waals surface area contributed by atoms with Crippen LogP contribution < -0.4 is 0 Å². The molecule has 0 aromatic carbocycles. The largest absolute Gasteiger partial charge is 0.393 e. The summed E-state index contributed by atoms with van der Waals surface area (Å²) in [5.74, 6) is 0.466. The van der Waals surface area contributed by atoms with Crippen LogP contribution in [-0.4, -0.2) is 21.9 Å². The highest BCUT2D eigenvalue weighted by molar-refractivity contribution is 5.34. The lowest BCUT2D eigenvalue weighted by atomic mass is 9.62. The van der Waals surface area contributed by atoms with Crippen molar-refractivity contribution < 1.29 is 10.2 Å². The fraction of sp³-hybridized carbons (Fsp3) is 0.895. The van der Waals surface area contributed by atoms with Gasteiger partial charge in [-0.05, 0) is 88.4 Å². The Morgan fingerprint density at radius 2 is 2.00 bits per heavy atom. The molecule has 1 unspecified atom stereocenters. The zero-order chi connectivity index (χ0) is 15.3. The van der Waals surface area contributed by atoms with Gasteiger partial charge in [0.2, 0.25) is 0 Å². The smallest absolute Gasteiger partial charge is 0.0591 e. The van der Waals surface area contributed by atoms with Crippen molar-refractivity contribution in [2.75, 3.05) is 0 Å². The molecule has 2 nitrogen and oxygen atoms in total. The molecule has 120 valence electrons. The molecule has 0 aliphatic heterocycles. The van der Waals surface area contributed by atoms with E-state index in [9.17, 15) is 10.2 Å². The van der Waals surface area contributed by atoms with Gasteiger partial charge in [0.05, 0.1) is 11.7 Å². The first-order chi connectivity index (χ1) is 9.77. The minimum absolute atomic E-state index is 0.0929. The molecule has 0 aromatic heterocycles. The number of fused-ring (bicyclic) bond motifs is 1. The molecule has 0 spiro atoms. The average Bonchev–Trinajstić information content (AvgIpc) is 3.03. The van der Waals surface area contributed by atoms with Crippen LogP contribution in [0.3, 0.4) is 0 Å². The van der Waals surface area contributed by atoms with Crippen molar-refractivity contribution in [1.29, 1.82) is 0 Å². The Kier molecular flexibility index (Phi) is 3.77. The molecule has 2 saturated carbocycles. The molecule has 0 bridgehead atoms. The van der Waals surface area contributed by atoms with Gasteiger partial charge in [-0.1, -0.05) is 18.6 Å². The minimum atomic E-state index is -0.534. The second kappa shape index (κ2) is 5.09. The van der Waals surface area contributed by atoms with Gasteiger partial charge in [0.1, 0.15) is 0 Å². The highest BCUT2D eigenvalue weighted by Gasteiger charge is 2.57. The maximum absolute atomic E-state index is 10.4. The van der Waals surface area contributed by atoms with Gasteiger partial charge in [-0.25, -0.2) is 0 Å². The Bertz CT molecular complexity index is 427. The van der Waals surface area contributed by atoms with Crippen molar-refractivity contribution in [3.05, 3.63) is 11.6 Å². The van der Waals surface area contributed by atoms with Crippen LogP contribution in [0.1, 0.15) is 78.6 Å². The summed E-state index contributed by atoms with van der Waals surface area (Å²) in [7, 11) is 0. The van der Waals surface area contributed by atoms with E-state index < -0.39 is 5.60 Å². The van der Waals surface area contributed by atoms with Crippen molar-refractivity contribution >= 4 is 0 Å². The lowest BCUT2D eigenvalue weighted by molar-refractivity contribution is 0.00617. The van der Waals surface area contributed by atoms with Gasteiger partial charge in [0.15, 0.2) is 0 Å². The molecule has 3 rings (SSSR count). The minimum Gasteiger partial charge on any atom is -0.393 e. The summed E-state index contributed by atoms with van der Waals surface area (Å²) in [4.78, 5) is 0. The molecule has 3 atom stereocenters. The van der Waals surface area contributed by atoms with Crippen molar-refractivity contribution in [3.8, 4) is 0 Å². The van der Waals surface area contributed by atoms with Crippen LogP contribution in [0.2, 0.25) is 0 Å². The molecule has 0 heterocycles. The van der Waals surface area contributed by atoms with Crippen LogP contribution in [0.25, 0.3) is 0 Å². The van der Waals surface area contributed by atoms with Gasteiger partial charge in [-0.3, -0.25) is 0 Å². The van der Waals surface area contributed by atoms with Crippen LogP contribution in [0.4, 0.5) is 0 Å². The quantitative estimate of drug-likeness (QED) is 0.745. The molecule has 0 amide bonds. The maximum Gasteiger partial charge on any atom is 0.0591 e. The first-order valence-corrected chi connectivity index (χ1v) is 8.89. The van der Waals surface area contributed by atoms with Crippen molar-refractivity contribution in [2.24, 2.45) is 16.7 Å². The lowest BCUT2D eigenvalue weighted by Gasteiger charge is -2.44. The molecular weight excluding hydrogens is 260 g/mol. The van der Waals surface area contributed by atoms with E-state index in [2.05, 4.69) is 13.0 Å². The molecule has 2 N–H and O–H groups in total. The van der Waals surface area contributed by atoms with Crippen molar-refractivity contribution in [1.82, 2.24) is 0 Å². The van der Waals surface area contributed by atoms with Gasteiger partial charge in [0.25, 0.3) is 0 Å². The monoisotopic (exact) mass is 292 g/mol. The van der Waals surface area contributed by atoms with E-state index in [1.165, 1.54) is 32.1 Å². The SMILES string of the molecule is CC(C)(O)CCCC1(C2=CCC3[C@@H](O)CCC[C@@]23C)CC1. The standard InChI is InChI=1S/C19H32O2/c1-17(2,21)9-5-11-19(12-13-19)16-8-7-14-15(20)6-4-10-18(14,16)3/h8,14-15,20-21H,4-7,9-13H2,1-3H3/t14?,15-,18+/m0/s1. The molecule has 2 heteroatoms. The summed E-state index contributed by atoms with van der Waals surface area (Å²) in [6.45, 7) is 6.24. The van der Waals surface area contributed by atoms with Crippen LogP contribution >= 0.6 is 0 Å². The molecule has 2 fully saturated rings. The zero-order valence-corrected chi connectivity index (χ0v) is 14.0. The van der Waals surface area contributed by atoms with E-state index in [1.807, 2.05) is 13.8 Å². The van der Waals surface area contributed by atoms with E-state index >= 15 is 0 Å². The van der Waals surface area contributed by atoms with Crippen LogP contribution in [0, 0.1) is 16.7 Å². The number of aliphatic hydroxyl groups is 2. The molecule has 3 aliphatic carbocycles. The molecular formula is C19H32O2. The second-order valence-electron chi connectivity index (χ2n) is 8.78. The summed E-state index contributed by atoms with van der Waals surface area (Å²) < 4.78 is 0. The lowest BCUT2D eigenvalue weighted by Crippen LogP contribution is -2.40. The van der Waals surface area contributed by atoms with Crippen LogP contribution in [0.5, 0.6) is 0 Å². The Balaban J connectivity index is 1.69. The molecule has 21 heavy (non-hydrogen) atoms. The van der Waals surface area contributed by atoms with Gasteiger partial charge < -0.3 is 10.2 Å². The van der Waals surface area contributed by atoms with E-state index in [0.717, 1.165) is 25.7 Å².